The number of hydrogen-bond donors (Lipinski definition) is 1. The van der Waals surface area contributed by atoms with Gasteiger partial charge in [0.25, 0.3) is 5.91 Å². The maximum atomic E-state index is 15.4. The maximum absolute atomic E-state index is 15.4. The van der Waals surface area contributed by atoms with E-state index in [4.69, 9.17) is 4.98 Å². The molecule has 1 saturated carbocycles. The van der Waals surface area contributed by atoms with Gasteiger partial charge in [-0.05, 0) is 74.8 Å². The molecule has 2 atom stereocenters. The summed E-state index contributed by atoms with van der Waals surface area (Å²) in [6.07, 6.45) is 10.7. The lowest BCUT2D eigenvalue weighted by molar-refractivity contribution is 0.0697. The first-order chi connectivity index (χ1) is 18.4. The zero-order chi connectivity index (χ0) is 26.4. The molecule has 200 valence electrons. The number of likely N-dealkylation sites (tertiary alicyclic amines) is 1. The van der Waals surface area contributed by atoms with Gasteiger partial charge in [0.2, 0.25) is 0 Å². The summed E-state index contributed by atoms with van der Waals surface area (Å²) in [5.41, 5.74) is 4.25. The number of halogens is 1. The maximum Gasteiger partial charge on any atom is 0.308 e. The second-order valence-electron chi connectivity index (χ2n) is 11.2. The van der Waals surface area contributed by atoms with E-state index in [1.54, 1.807) is 6.07 Å². The highest BCUT2D eigenvalue weighted by Crippen LogP contribution is 2.43. The van der Waals surface area contributed by atoms with E-state index in [2.05, 4.69) is 6.92 Å². The van der Waals surface area contributed by atoms with E-state index >= 15 is 4.39 Å². The van der Waals surface area contributed by atoms with Crippen LogP contribution in [0, 0.1) is 5.82 Å². The highest BCUT2D eigenvalue weighted by molar-refractivity contribution is 6.44. The fourth-order valence-electron chi connectivity index (χ4n) is 6.10. The van der Waals surface area contributed by atoms with Gasteiger partial charge in [-0.1, -0.05) is 12.8 Å². The van der Waals surface area contributed by atoms with Gasteiger partial charge in [0.05, 0.1) is 17.5 Å². The molecule has 1 N–H and O–H groups in total. The minimum Gasteiger partial charge on any atom is -0.393 e. The third kappa shape index (κ3) is 4.82. The van der Waals surface area contributed by atoms with Crippen molar-refractivity contribution < 1.29 is 18.8 Å². The number of nitrogens with zero attached hydrogens (tertiary/aromatic N) is 4. The van der Waals surface area contributed by atoms with Crippen molar-refractivity contribution in [2.24, 2.45) is 0 Å². The Labute approximate surface area is 223 Å². The average Bonchev–Trinajstić information content (AvgIpc) is 3.55. The van der Waals surface area contributed by atoms with E-state index in [1.807, 2.05) is 38.7 Å². The minimum absolute atomic E-state index is 0.0266. The van der Waals surface area contributed by atoms with E-state index in [-0.39, 0.29) is 29.5 Å². The van der Waals surface area contributed by atoms with Gasteiger partial charge >= 0.3 is 8.68 Å². The molecular weight excluding hydrogens is 499 g/mol. The number of aliphatic hydroxyl groups excluding tert-OH is 1. The number of hydrogen-bond acceptors (Lipinski definition) is 5. The summed E-state index contributed by atoms with van der Waals surface area (Å²) in [7, 11) is -2.02. The van der Waals surface area contributed by atoms with Crippen molar-refractivity contribution in [2.75, 3.05) is 30.8 Å². The van der Waals surface area contributed by atoms with E-state index in [0.717, 1.165) is 68.4 Å². The molecule has 2 saturated heterocycles. The molecule has 1 amide bonds. The number of aromatic nitrogens is 2. The molecule has 2 aliphatic heterocycles. The van der Waals surface area contributed by atoms with E-state index in [1.165, 1.54) is 6.07 Å². The smallest absolute Gasteiger partial charge is 0.308 e. The summed E-state index contributed by atoms with van der Waals surface area (Å²) in [5.74, 6) is 0.109. The van der Waals surface area contributed by atoms with Crippen LogP contribution in [0.5, 0.6) is 0 Å². The molecule has 0 radical (unpaired) electrons. The normalized spacial score (nSPS) is 22.2. The van der Waals surface area contributed by atoms with Crippen molar-refractivity contribution >= 4 is 25.9 Å². The SMILES string of the molecule is C[C@@H]1CCCCCN1C(=O)c1cc(C2CC2)c2nc(-c3ccc(N4CCC([Si](=O)CO)C4)cc3F)cn2c1. The van der Waals surface area contributed by atoms with Crippen LogP contribution >= 0.6 is 0 Å². The number of anilines is 1. The molecule has 3 aliphatic rings. The van der Waals surface area contributed by atoms with E-state index in [0.29, 0.717) is 35.8 Å². The number of carbonyl (C=O) groups excluding carboxylic acids is 1. The summed E-state index contributed by atoms with van der Waals surface area (Å²) in [6, 6.07) is 7.42. The number of pyridine rings is 1. The molecule has 0 spiro atoms. The second kappa shape index (κ2) is 10.3. The first kappa shape index (κ1) is 25.4. The van der Waals surface area contributed by atoms with E-state index < -0.39 is 8.68 Å². The lowest BCUT2D eigenvalue weighted by Crippen LogP contribution is -2.38. The van der Waals surface area contributed by atoms with Crippen molar-refractivity contribution in [2.45, 2.75) is 69.4 Å². The van der Waals surface area contributed by atoms with Crippen LogP contribution in [-0.2, 0) is 4.46 Å². The summed E-state index contributed by atoms with van der Waals surface area (Å²) in [6.45, 7) is 4.20. The third-order valence-electron chi connectivity index (χ3n) is 8.55. The molecular formula is C29H35FN4O3Si. The molecule has 3 fully saturated rings. The van der Waals surface area contributed by atoms with Crippen molar-refractivity contribution in [1.29, 1.82) is 0 Å². The largest absolute Gasteiger partial charge is 0.393 e. The Morgan fingerprint density at radius 2 is 1.95 bits per heavy atom. The van der Waals surface area contributed by atoms with Gasteiger partial charge in [-0.3, -0.25) is 4.79 Å². The van der Waals surface area contributed by atoms with E-state index in [9.17, 15) is 14.4 Å². The fraction of sp³-hybridized carbons (Fsp3) is 0.517. The molecule has 1 aliphatic carbocycles. The summed E-state index contributed by atoms with van der Waals surface area (Å²) in [4.78, 5) is 22.5. The van der Waals surface area contributed by atoms with Crippen LogP contribution in [0.4, 0.5) is 10.1 Å². The first-order valence-corrected chi connectivity index (χ1v) is 15.6. The van der Waals surface area contributed by atoms with Crippen molar-refractivity contribution in [3.05, 3.63) is 53.6 Å². The van der Waals surface area contributed by atoms with Crippen LogP contribution in [0.1, 0.15) is 73.7 Å². The molecule has 1 unspecified atom stereocenters. The second-order valence-corrected chi connectivity index (χ2v) is 13.3. The standard InChI is InChI=1S/C29H35FN4O3Si/c1-19-5-3-2-4-11-34(19)29(36)21-13-25(20-6-7-20)28-31-27(17-33(28)15-21)24-9-8-22(14-26(24)30)32-12-10-23(16-32)38(37)18-35/h8-9,13-15,17,19-20,23,35H,2-7,10-12,16,18H2,1H3/t19-,23?/m1/s1. The van der Waals surface area contributed by atoms with Gasteiger partial charge in [-0.15, -0.1) is 0 Å². The number of benzene rings is 1. The monoisotopic (exact) mass is 534 g/mol. The molecule has 6 rings (SSSR count). The predicted molar refractivity (Wildman–Crippen MR) is 146 cm³/mol. The van der Waals surface area contributed by atoms with Crippen molar-refractivity contribution in [1.82, 2.24) is 14.3 Å². The number of fused-ring (bicyclic) bond motifs is 1. The Morgan fingerprint density at radius 3 is 2.71 bits per heavy atom. The molecule has 1 aromatic carbocycles. The quantitative estimate of drug-likeness (QED) is 0.453. The molecule has 2 aromatic heterocycles. The zero-order valence-corrected chi connectivity index (χ0v) is 22.9. The van der Waals surface area contributed by atoms with Crippen molar-refractivity contribution in [3.8, 4) is 11.3 Å². The molecule has 9 heteroatoms. The number of imidazole rings is 1. The number of aliphatic hydroxyl groups is 1. The molecule has 0 bridgehead atoms. The Balaban J connectivity index is 1.30. The molecule has 38 heavy (non-hydrogen) atoms. The first-order valence-electron chi connectivity index (χ1n) is 13.9. The lowest BCUT2D eigenvalue weighted by Gasteiger charge is -2.27. The van der Waals surface area contributed by atoms with Crippen LogP contribution in [0.15, 0.2) is 36.7 Å². The van der Waals surface area contributed by atoms with Gasteiger partial charge in [0, 0.05) is 54.9 Å². The van der Waals surface area contributed by atoms with Crippen LogP contribution in [0.3, 0.4) is 0 Å². The van der Waals surface area contributed by atoms with Gasteiger partial charge in [0.1, 0.15) is 11.5 Å². The number of amides is 1. The van der Waals surface area contributed by atoms with Crippen molar-refractivity contribution in [3.63, 3.8) is 0 Å². The van der Waals surface area contributed by atoms with Crippen LogP contribution in [0.2, 0.25) is 5.54 Å². The summed E-state index contributed by atoms with van der Waals surface area (Å²) >= 11 is 0. The topological polar surface area (TPSA) is 78.2 Å². The lowest BCUT2D eigenvalue weighted by atomic mass is 10.1. The minimum atomic E-state index is -2.02. The summed E-state index contributed by atoms with van der Waals surface area (Å²) < 4.78 is 29.4. The highest BCUT2D eigenvalue weighted by atomic mass is 28.3. The Hall–Kier alpha value is -2.91. The molecule has 7 nitrogen and oxygen atoms in total. The van der Waals surface area contributed by atoms with Gasteiger partial charge < -0.3 is 23.8 Å². The predicted octanol–water partition coefficient (Wildman–Crippen LogP) is 4.96. The van der Waals surface area contributed by atoms with Gasteiger partial charge in [-0.2, -0.15) is 0 Å². The van der Waals surface area contributed by atoms with Gasteiger partial charge in [0.15, 0.2) is 0 Å². The Kier molecular flexibility index (Phi) is 6.90. The van der Waals surface area contributed by atoms with Gasteiger partial charge in [-0.25, -0.2) is 9.37 Å². The van der Waals surface area contributed by atoms with Crippen LogP contribution < -0.4 is 4.90 Å². The third-order valence-corrected chi connectivity index (χ3v) is 10.2. The number of rotatable bonds is 6. The molecule has 4 heterocycles. The number of carbonyl (C=O) groups is 1. The van der Waals surface area contributed by atoms with Crippen LogP contribution in [-0.4, -0.2) is 65.9 Å². The fourth-order valence-corrected chi connectivity index (χ4v) is 7.24. The summed E-state index contributed by atoms with van der Waals surface area (Å²) in [5, 5.41) is 9.24. The highest BCUT2D eigenvalue weighted by Gasteiger charge is 2.31. The average molecular weight is 535 g/mol. The molecule has 3 aromatic rings. The Bertz CT molecular complexity index is 1390. The zero-order valence-electron chi connectivity index (χ0n) is 21.9. The van der Waals surface area contributed by atoms with Crippen LogP contribution in [0.25, 0.3) is 16.9 Å². The Morgan fingerprint density at radius 1 is 1.11 bits per heavy atom.